The van der Waals surface area contributed by atoms with Crippen molar-refractivity contribution in [3.05, 3.63) is 22.4 Å². The van der Waals surface area contributed by atoms with Gasteiger partial charge in [0.2, 0.25) is 11.8 Å². The molecule has 2 saturated heterocycles. The third kappa shape index (κ3) is 2.29. The maximum atomic E-state index is 12.8. The molecule has 0 radical (unpaired) electrons. The fourth-order valence-electron chi connectivity index (χ4n) is 4.14. The second-order valence-electron chi connectivity index (χ2n) is 6.94. The number of nitrogens with zero attached hydrogens (tertiary/aromatic N) is 1. The first-order valence-electron chi connectivity index (χ1n) is 8.04. The van der Waals surface area contributed by atoms with Gasteiger partial charge >= 0.3 is 5.97 Å². The number of rotatable bonds is 4. The third-order valence-corrected chi connectivity index (χ3v) is 5.96. The van der Waals surface area contributed by atoms with Crippen molar-refractivity contribution in [3.8, 4) is 0 Å². The largest absolute Gasteiger partial charge is 0.468 e. The number of hydrogen-bond donors (Lipinski definition) is 1. The summed E-state index contributed by atoms with van der Waals surface area (Å²) in [6.07, 6.45) is 0.440. The predicted octanol–water partition coefficient (Wildman–Crippen LogP) is 1.58. The van der Waals surface area contributed by atoms with E-state index in [1.165, 1.54) is 25.5 Å². The number of carbonyl (C=O) groups is 3. The summed E-state index contributed by atoms with van der Waals surface area (Å²) in [5, 5.41) is 5.27. The summed E-state index contributed by atoms with van der Waals surface area (Å²) in [6.45, 7) is 3.98. The van der Waals surface area contributed by atoms with E-state index >= 15 is 0 Å². The van der Waals surface area contributed by atoms with Gasteiger partial charge in [0.1, 0.15) is 5.54 Å². The normalized spacial score (nSPS) is 32.5. The molecule has 0 aromatic carbocycles. The van der Waals surface area contributed by atoms with Crippen LogP contribution in [-0.2, 0) is 19.1 Å². The van der Waals surface area contributed by atoms with E-state index in [4.69, 9.17) is 4.74 Å². The van der Waals surface area contributed by atoms with E-state index < -0.39 is 23.3 Å². The number of esters is 1. The molecule has 0 bridgehead atoms. The second kappa shape index (κ2) is 5.97. The summed E-state index contributed by atoms with van der Waals surface area (Å²) in [7, 11) is 2.82. The number of ether oxygens (including phenoxy) is 1. The Bertz CT molecular complexity index is 672. The molecule has 2 aliphatic rings. The Labute approximate surface area is 145 Å². The van der Waals surface area contributed by atoms with Gasteiger partial charge < -0.3 is 4.74 Å². The quantitative estimate of drug-likeness (QED) is 0.659. The third-order valence-electron chi connectivity index (χ3n) is 5.00. The molecule has 7 heteroatoms. The highest BCUT2D eigenvalue weighted by Crippen LogP contribution is 2.51. The first-order chi connectivity index (χ1) is 11.3. The van der Waals surface area contributed by atoms with Gasteiger partial charge in [0, 0.05) is 11.9 Å². The number of nitrogens with one attached hydrogen (secondary N) is 1. The second-order valence-corrected chi connectivity index (χ2v) is 7.92. The zero-order valence-electron chi connectivity index (χ0n) is 14.2. The number of amides is 2. The molecule has 0 saturated carbocycles. The lowest BCUT2D eigenvalue weighted by molar-refractivity contribution is -0.154. The molecule has 1 N–H and O–H groups in total. The van der Waals surface area contributed by atoms with E-state index in [1.807, 2.05) is 31.4 Å². The molecule has 2 fully saturated rings. The Kier molecular flexibility index (Phi) is 4.25. The van der Waals surface area contributed by atoms with Crippen molar-refractivity contribution in [1.29, 1.82) is 0 Å². The molecular formula is C17H22N2O4S. The summed E-state index contributed by atoms with van der Waals surface area (Å²) in [5.41, 5.74) is -1.17. The van der Waals surface area contributed by atoms with Crippen molar-refractivity contribution in [2.75, 3.05) is 14.2 Å². The van der Waals surface area contributed by atoms with Crippen LogP contribution in [0.15, 0.2) is 17.5 Å². The molecule has 1 aromatic rings. The van der Waals surface area contributed by atoms with Gasteiger partial charge in [-0.25, -0.2) is 0 Å². The van der Waals surface area contributed by atoms with Gasteiger partial charge in [0.25, 0.3) is 0 Å². The van der Waals surface area contributed by atoms with Crippen molar-refractivity contribution in [2.45, 2.75) is 31.8 Å². The number of methoxy groups -OCH3 is 1. The fourth-order valence-corrected chi connectivity index (χ4v) is 4.97. The molecule has 130 valence electrons. The van der Waals surface area contributed by atoms with Crippen LogP contribution in [0, 0.1) is 17.8 Å². The maximum absolute atomic E-state index is 12.8. The molecule has 24 heavy (non-hydrogen) atoms. The molecule has 0 unspecified atom stereocenters. The predicted molar refractivity (Wildman–Crippen MR) is 89.2 cm³/mol. The summed E-state index contributed by atoms with van der Waals surface area (Å²) in [6, 6.07) is 3.48. The van der Waals surface area contributed by atoms with Crippen LogP contribution in [0.4, 0.5) is 0 Å². The average molecular weight is 350 g/mol. The number of thiophene rings is 1. The van der Waals surface area contributed by atoms with E-state index in [0.717, 1.165) is 9.78 Å². The van der Waals surface area contributed by atoms with Crippen LogP contribution in [0.1, 0.15) is 31.2 Å². The first-order valence-corrected chi connectivity index (χ1v) is 8.92. The molecule has 2 aliphatic heterocycles. The van der Waals surface area contributed by atoms with E-state index in [2.05, 4.69) is 5.32 Å². The number of likely N-dealkylation sites (tertiary alicyclic amines) is 1. The van der Waals surface area contributed by atoms with Crippen molar-refractivity contribution in [1.82, 2.24) is 10.2 Å². The van der Waals surface area contributed by atoms with E-state index in [9.17, 15) is 14.4 Å². The molecule has 0 spiro atoms. The number of hydrogen-bond acceptors (Lipinski definition) is 6. The van der Waals surface area contributed by atoms with Crippen LogP contribution in [0.2, 0.25) is 0 Å². The minimum Gasteiger partial charge on any atom is -0.468 e. The van der Waals surface area contributed by atoms with Crippen molar-refractivity contribution < 1.29 is 19.1 Å². The SMILES string of the molecule is COC(=O)[C@@]1(CC(C)C)N[C@@H](c2cccs2)[C@H]2C(=O)N(C)C(=O)[C@H]21. The maximum Gasteiger partial charge on any atom is 0.326 e. The molecular weight excluding hydrogens is 328 g/mol. The van der Waals surface area contributed by atoms with Gasteiger partial charge in [-0.15, -0.1) is 11.3 Å². The summed E-state index contributed by atoms with van der Waals surface area (Å²) in [4.78, 5) is 40.3. The van der Waals surface area contributed by atoms with Crippen LogP contribution in [0.3, 0.4) is 0 Å². The molecule has 6 nitrogen and oxygen atoms in total. The monoisotopic (exact) mass is 350 g/mol. The van der Waals surface area contributed by atoms with Gasteiger partial charge in [0.15, 0.2) is 0 Å². The molecule has 4 atom stereocenters. The van der Waals surface area contributed by atoms with Gasteiger partial charge in [0.05, 0.1) is 25.0 Å². The summed E-state index contributed by atoms with van der Waals surface area (Å²) in [5.74, 6) is -2.14. The van der Waals surface area contributed by atoms with E-state index in [-0.39, 0.29) is 23.8 Å². The lowest BCUT2D eigenvalue weighted by Crippen LogP contribution is -2.56. The lowest BCUT2D eigenvalue weighted by Gasteiger charge is -2.33. The topological polar surface area (TPSA) is 75.7 Å². The number of imide groups is 1. The number of fused-ring (bicyclic) bond motifs is 1. The summed E-state index contributed by atoms with van der Waals surface area (Å²) >= 11 is 1.52. The van der Waals surface area contributed by atoms with Gasteiger partial charge in [-0.05, 0) is 23.8 Å². The van der Waals surface area contributed by atoms with E-state index in [0.29, 0.717) is 6.42 Å². The minimum absolute atomic E-state index is 0.160. The fraction of sp³-hybridized carbons (Fsp3) is 0.588. The lowest BCUT2D eigenvalue weighted by atomic mass is 9.75. The van der Waals surface area contributed by atoms with Crippen LogP contribution in [0.25, 0.3) is 0 Å². The highest BCUT2D eigenvalue weighted by atomic mass is 32.1. The Hall–Kier alpha value is -1.73. The Morgan fingerprint density at radius 1 is 1.42 bits per heavy atom. The molecule has 0 aliphatic carbocycles. The van der Waals surface area contributed by atoms with Crippen LogP contribution >= 0.6 is 11.3 Å². The number of carbonyl (C=O) groups excluding carboxylic acids is 3. The van der Waals surface area contributed by atoms with Crippen molar-refractivity contribution in [2.24, 2.45) is 17.8 Å². The van der Waals surface area contributed by atoms with Gasteiger partial charge in [-0.1, -0.05) is 19.9 Å². The van der Waals surface area contributed by atoms with Crippen LogP contribution in [-0.4, -0.2) is 42.4 Å². The van der Waals surface area contributed by atoms with Crippen molar-refractivity contribution in [3.63, 3.8) is 0 Å². The minimum atomic E-state index is -1.17. The molecule has 1 aromatic heterocycles. The average Bonchev–Trinajstić information content (AvgIpc) is 3.21. The Morgan fingerprint density at radius 2 is 2.12 bits per heavy atom. The smallest absolute Gasteiger partial charge is 0.326 e. The zero-order chi connectivity index (χ0) is 17.6. The Balaban J connectivity index is 2.14. The highest BCUT2D eigenvalue weighted by molar-refractivity contribution is 7.10. The van der Waals surface area contributed by atoms with E-state index in [1.54, 1.807) is 0 Å². The first kappa shape index (κ1) is 17.1. The molecule has 3 rings (SSSR count). The molecule has 2 amide bonds. The van der Waals surface area contributed by atoms with Crippen LogP contribution in [0.5, 0.6) is 0 Å². The van der Waals surface area contributed by atoms with Crippen LogP contribution < -0.4 is 5.32 Å². The van der Waals surface area contributed by atoms with Gasteiger partial charge in [-0.2, -0.15) is 0 Å². The Morgan fingerprint density at radius 3 is 2.67 bits per heavy atom. The van der Waals surface area contributed by atoms with Gasteiger partial charge in [-0.3, -0.25) is 24.6 Å². The summed E-state index contributed by atoms with van der Waals surface area (Å²) < 4.78 is 5.05. The highest BCUT2D eigenvalue weighted by Gasteiger charge is 2.68. The standard InChI is InChI=1S/C17H22N2O4S/c1-9(2)8-17(16(22)23-4)12-11(14(20)19(3)15(12)21)13(18-17)10-6-5-7-24-10/h5-7,9,11-13,18H,8H2,1-4H3/t11-,12-,13-,17-/m0/s1. The van der Waals surface area contributed by atoms with Crippen molar-refractivity contribution >= 4 is 29.1 Å². The zero-order valence-corrected chi connectivity index (χ0v) is 15.1. The molecule has 3 heterocycles.